The van der Waals surface area contributed by atoms with Gasteiger partial charge in [0, 0.05) is 18.9 Å². The Morgan fingerprint density at radius 3 is 2.35 bits per heavy atom. The monoisotopic (exact) mass is 275 g/mol. The molecule has 0 bridgehead atoms. The molecule has 4 nitrogen and oxygen atoms in total. The maximum absolute atomic E-state index is 12.5. The van der Waals surface area contributed by atoms with E-state index in [1.165, 1.54) is 4.90 Å². The number of benzene rings is 1. The number of carboxylic acids is 1. The number of carbonyl (C=O) groups is 2. The highest BCUT2D eigenvalue weighted by molar-refractivity contribution is 5.85. The van der Waals surface area contributed by atoms with Crippen LogP contribution in [0.2, 0.25) is 0 Å². The number of fused-ring (bicyclic) bond motifs is 1. The number of carbonyl (C=O) groups excluding carboxylic acids is 1. The van der Waals surface area contributed by atoms with E-state index in [9.17, 15) is 14.7 Å². The summed E-state index contributed by atoms with van der Waals surface area (Å²) in [7, 11) is 0. The molecule has 1 N–H and O–H groups in total. The Kier molecular flexibility index (Phi) is 4.12. The van der Waals surface area contributed by atoms with Crippen molar-refractivity contribution in [3.63, 3.8) is 0 Å². The van der Waals surface area contributed by atoms with Crippen LogP contribution >= 0.6 is 0 Å². The quantitative estimate of drug-likeness (QED) is 0.921. The third-order valence-corrected chi connectivity index (χ3v) is 4.21. The molecule has 0 radical (unpaired) electrons. The molecule has 108 valence electrons. The van der Waals surface area contributed by atoms with Gasteiger partial charge < -0.3 is 10.0 Å². The molecule has 0 spiro atoms. The van der Waals surface area contributed by atoms with Crippen LogP contribution in [0.3, 0.4) is 0 Å². The van der Waals surface area contributed by atoms with E-state index in [4.69, 9.17) is 0 Å². The van der Waals surface area contributed by atoms with Gasteiger partial charge >= 0.3 is 5.97 Å². The van der Waals surface area contributed by atoms with E-state index in [1.54, 1.807) is 0 Å². The van der Waals surface area contributed by atoms with Gasteiger partial charge in [-0.25, -0.2) is 4.79 Å². The molecule has 1 aromatic rings. The summed E-state index contributed by atoms with van der Waals surface area (Å²) in [6, 6.07) is 6.99. The van der Waals surface area contributed by atoms with Crippen molar-refractivity contribution < 1.29 is 14.7 Å². The molecule has 1 unspecified atom stereocenters. The molecule has 2 atom stereocenters. The van der Waals surface area contributed by atoms with Crippen molar-refractivity contribution in [2.24, 2.45) is 11.8 Å². The van der Waals surface area contributed by atoms with Crippen molar-refractivity contribution in [1.29, 1.82) is 0 Å². The summed E-state index contributed by atoms with van der Waals surface area (Å²) in [4.78, 5) is 25.5. The van der Waals surface area contributed by atoms with E-state index >= 15 is 0 Å². The van der Waals surface area contributed by atoms with Gasteiger partial charge in [-0.2, -0.15) is 0 Å². The predicted molar refractivity (Wildman–Crippen MR) is 76.1 cm³/mol. The van der Waals surface area contributed by atoms with E-state index in [0.717, 1.165) is 11.1 Å². The largest absolute Gasteiger partial charge is 0.480 e. The van der Waals surface area contributed by atoms with Gasteiger partial charge in [-0.3, -0.25) is 4.79 Å². The van der Waals surface area contributed by atoms with Gasteiger partial charge in [0.05, 0.1) is 0 Å². The van der Waals surface area contributed by atoms with Crippen LogP contribution in [-0.2, 0) is 22.6 Å². The molecular weight excluding hydrogens is 254 g/mol. The molecule has 1 aliphatic heterocycles. The van der Waals surface area contributed by atoms with Gasteiger partial charge in [0.15, 0.2) is 0 Å². The van der Waals surface area contributed by atoms with E-state index in [0.29, 0.717) is 13.0 Å². The minimum Gasteiger partial charge on any atom is -0.480 e. The van der Waals surface area contributed by atoms with Crippen LogP contribution in [0.4, 0.5) is 0 Å². The normalized spacial score (nSPS) is 19.6. The number of amides is 1. The molecule has 1 amide bonds. The first-order valence-electron chi connectivity index (χ1n) is 7.02. The summed E-state index contributed by atoms with van der Waals surface area (Å²) in [6.07, 6.45) is 0.391. The fourth-order valence-corrected chi connectivity index (χ4v) is 2.52. The summed E-state index contributed by atoms with van der Waals surface area (Å²) < 4.78 is 0. The molecular formula is C16H21NO3. The second-order valence-corrected chi connectivity index (χ2v) is 5.83. The van der Waals surface area contributed by atoms with E-state index < -0.39 is 12.0 Å². The molecule has 0 saturated heterocycles. The van der Waals surface area contributed by atoms with Crippen LogP contribution < -0.4 is 0 Å². The Balaban J connectivity index is 2.31. The van der Waals surface area contributed by atoms with Crippen molar-refractivity contribution >= 4 is 11.9 Å². The predicted octanol–water partition coefficient (Wildman–Crippen LogP) is 2.32. The molecule has 1 aromatic carbocycles. The minimum absolute atomic E-state index is 0.0677. The lowest BCUT2D eigenvalue weighted by Gasteiger charge is -2.36. The maximum atomic E-state index is 12.5. The highest BCUT2D eigenvalue weighted by Crippen LogP contribution is 2.26. The molecule has 20 heavy (non-hydrogen) atoms. The van der Waals surface area contributed by atoms with Gasteiger partial charge in [-0.1, -0.05) is 45.0 Å². The van der Waals surface area contributed by atoms with Crippen LogP contribution in [0.15, 0.2) is 24.3 Å². The first-order chi connectivity index (χ1) is 9.41. The van der Waals surface area contributed by atoms with Gasteiger partial charge in [0.2, 0.25) is 5.91 Å². The van der Waals surface area contributed by atoms with Crippen molar-refractivity contribution in [1.82, 2.24) is 4.90 Å². The Morgan fingerprint density at radius 2 is 1.80 bits per heavy atom. The van der Waals surface area contributed by atoms with Gasteiger partial charge in [0.1, 0.15) is 6.04 Å². The molecule has 0 fully saturated rings. The topological polar surface area (TPSA) is 57.6 Å². The number of rotatable bonds is 3. The summed E-state index contributed by atoms with van der Waals surface area (Å²) in [5.74, 6) is -0.957. The highest BCUT2D eigenvalue weighted by Gasteiger charge is 2.36. The second-order valence-electron chi connectivity index (χ2n) is 5.83. The zero-order chi connectivity index (χ0) is 14.9. The zero-order valence-corrected chi connectivity index (χ0v) is 12.2. The molecule has 1 aliphatic rings. The fourth-order valence-electron chi connectivity index (χ4n) is 2.52. The average Bonchev–Trinajstić information content (AvgIpc) is 2.44. The lowest BCUT2D eigenvalue weighted by Crippen LogP contribution is -2.50. The summed E-state index contributed by atoms with van der Waals surface area (Å²) >= 11 is 0. The molecule has 2 rings (SSSR count). The lowest BCUT2D eigenvalue weighted by atomic mass is 9.90. The van der Waals surface area contributed by atoms with E-state index in [2.05, 4.69) is 0 Å². The van der Waals surface area contributed by atoms with Gasteiger partial charge in [0.25, 0.3) is 0 Å². The van der Waals surface area contributed by atoms with Crippen LogP contribution in [0.5, 0.6) is 0 Å². The van der Waals surface area contributed by atoms with Crippen LogP contribution in [0, 0.1) is 11.8 Å². The maximum Gasteiger partial charge on any atom is 0.326 e. The molecule has 0 aromatic heterocycles. The number of hydrogen-bond acceptors (Lipinski definition) is 2. The summed E-state index contributed by atoms with van der Waals surface area (Å²) in [6.45, 7) is 6.22. The van der Waals surface area contributed by atoms with Crippen molar-refractivity contribution in [2.75, 3.05) is 0 Å². The zero-order valence-electron chi connectivity index (χ0n) is 12.2. The molecule has 4 heteroatoms. The fraction of sp³-hybridized carbons (Fsp3) is 0.500. The van der Waals surface area contributed by atoms with Crippen LogP contribution in [0.25, 0.3) is 0 Å². The second kappa shape index (κ2) is 5.65. The van der Waals surface area contributed by atoms with Gasteiger partial charge in [-0.05, 0) is 17.0 Å². The Morgan fingerprint density at radius 1 is 1.20 bits per heavy atom. The first-order valence-corrected chi connectivity index (χ1v) is 7.02. The van der Waals surface area contributed by atoms with Crippen LogP contribution in [-0.4, -0.2) is 27.9 Å². The number of carboxylic acid groups (broad SMARTS) is 1. The van der Waals surface area contributed by atoms with Crippen LogP contribution in [0.1, 0.15) is 31.9 Å². The lowest BCUT2D eigenvalue weighted by molar-refractivity contribution is -0.153. The van der Waals surface area contributed by atoms with E-state index in [-0.39, 0.29) is 17.7 Å². The minimum atomic E-state index is -0.927. The molecule has 1 heterocycles. The first kappa shape index (κ1) is 14.6. The number of nitrogens with zero attached hydrogens (tertiary/aromatic N) is 1. The third-order valence-electron chi connectivity index (χ3n) is 4.21. The highest BCUT2D eigenvalue weighted by atomic mass is 16.4. The van der Waals surface area contributed by atoms with Crippen molar-refractivity contribution in [3.8, 4) is 0 Å². The Hall–Kier alpha value is -1.84. The molecule has 0 aliphatic carbocycles. The van der Waals surface area contributed by atoms with E-state index in [1.807, 2.05) is 45.0 Å². The SMILES string of the molecule is CC(C)C(C)C(=O)N1Cc2ccccc2C[C@@H]1C(=O)O. The Labute approximate surface area is 119 Å². The Bertz CT molecular complexity index is 524. The van der Waals surface area contributed by atoms with Crippen molar-refractivity contribution in [2.45, 2.75) is 39.8 Å². The standard InChI is InChI=1S/C16H21NO3/c1-10(2)11(3)15(18)17-9-13-7-5-4-6-12(13)8-14(17)16(19)20/h4-7,10-11,14H,8-9H2,1-3H3,(H,19,20)/t11?,14-/m1/s1. The van der Waals surface area contributed by atoms with Gasteiger partial charge in [-0.15, -0.1) is 0 Å². The summed E-state index contributed by atoms with van der Waals surface area (Å²) in [5, 5.41) is 9.41. The summed E-state index contributed by atoms with van der Waals surface area (Å²) in [5.41, 5.74) is 2.08. The number of hydrogen-bond donors (Lipinski definition) is 1. The average molecular weight is 275 g/mol. The third kappa shape index (κ3) is 2.69. The number of aliphatic carboxylic acids is 1. The smallest absolute Gasteiger partial charge is 0.326 e. The van der Waals surface area contributed by atoms with Crippen molar-refractivity contribution in [3.05, 3.63) is 35.4 Å². The molecule has 0 saturated carbocycles.